The number of hydrogen-bond acceptors (Lipinski definition) is 5. The van der Waals surface area contributed by atoms with Crippen LogP contribution in [-0.4, -0.2) is 9.97 Å². The van der Waals surface area contributed by atoms with Crippen LogP contribution in [0.15, 0.2) is 45.3 Å². The molecule has 0 aliphatic rings. The molecule has 0 amide bonds. The van der Waals surface area contributed by atoms with Gasteiger partial charge in [0.1, 0.15) is 10.7 Å². The molecule has 0 saturated heterocycles. The molecule has 16 heavy (non-hydrogen) atoms. The first kappa shape index (κ1) is 10.6. The highest BCUT2D eigenvalue weighted by molar-refractivity contribution is 7.99. The van der Waals surface area contributed by atoms with E-state index in [1.807, 2.05) is 18.2 Å². The second kappa shape index (κ2) is 4.28. The monoisotopic (exact) mass is 234 g/mol. The number of benzene rings is 1. The Labute approximate surface area is 95.9 Å². The minimum Gasteiger partial charge on any atom is -0.398 e. The molecule has 0 fully saturated rings. The van der Waals surface area contributed by atoms with Crippen LogP contribution in [0.25, 0.3) is 0 Å². The highest BCUT2D eigenvalue weighted by Crippen LogP contribution is 2.31. The summed E-state index contributed by atoms with van der Waals surface area (Å²) in [5, 5.41) is 0.460. The summed E-state index contributed by atoms with van der Waals surface area (Å²) in [6, 6.07) is 7.34. The average molecular weight is 234 g/mol. The molecule has 5 nitrogen and oxygen atoms in total. The zero-order valence-electron chi connectivity index (χ0n) is 8.31. The maximum absolute atomic E-state index is 11.2. The Morgan fingerprint density at radius 2 is 2.00 bits per heavy atom. The summed E-state index contributed by atoms with van der Waals surface area (Å²) in [6.07, 6.45) is 1.32. The largest absolute Gasteiger partial charge is 0.398 e. The van der Waals surface area contributed by atoms with E-state index in [-0.39, 0.29) is 11.2 Å². The van der Waals surface area contributed by atoms with E-state index in [2.05, 4.69) is 9.97 Å². The van der Waals surface area contributed by atoms with Gasteiger partial charge in [0.25, 0.3) is 5.56 Å². The third-order valence-electron chi connectivity index (χ3n) is 1.98. The number of anilines is 2. The fourth-order valence-electron chi connectivity index (χ4n) is 1.15. The van der Waals surface area contributed by atoms with Crippen LogP contribution >= 0.6 is 11.8 Å². The number of nitrogen functional groups attached to an aromatic ring is 2. The summed E-state index contributed by atoms with van der Waals surface area (Å²) in [5.74, 6) is 0. The molecule has 0 bridgehead atoms. The van der Waals surface area contributed by atoms with Crippen LogP contribution in [0.2, 0.25) is 0 Å². The van der Waals surface area contributed by atoms with Crippen molar-refractivity contribution < 1.29 is 0 Å². The predicted molar refractivity (Wildman–Crippen MR) is 64.2 cm³/mol. The lowest BCUT2D eigenvalue weighted by molar-refractivity contribution is 1.02. The molecule has 6 heteroatoms. The number of nitrogens with zero attached hydrogens (tertiary/aromatic N) is 1. The van der Waals surface area contributed by atoms with Crippen LogP contribution in [-0.2, 0) is 0 Å². The Hall–Kier alpha value is -1.95. The lowest BCUT2D eigenvalue weighted by atomic mass is 10.3. The summed E-state index contributed by atoms with van der Waals surface area (Å²) < 4.78 is 0. The molecule has 5 N–H and O–H groups in total. The second-order valence-corrected chi connectivity index (χ2v) is 4.12. The van der Waals surface area contributed by atoms with Crippen molar-refractivity contribution in [2.75, 3.05) is 11.5 Å². The fraction of sp³-hybridized carbons (Fsp3) is 0. The van der Waals surface area contributed by atoms with Crippen molar-refractivity contribution in [2.24, 2.45) is 0 Å². The van der Waals surface area contributed by atoms with Gasteiger partial charge in [-0.1, -0.05) is 23.9 Å². The van der Waals surface area contributed by atoms with Gasteiger partial charge in [-0.3, -0.25) is 4.79 Å². The van der Waals surface area contributed by atoms with Crippen molar-refractivity contribution in [1.82, 2.24) is 9.97 Å². The topological polar surface area (TPSA) is 97.8 Å². The zero-order chi connectivity index (χ0) is 11.5. The van der Waals surface area contributed by atoms with Gasteiger partial charge in [-0.05, 0) is 12.1 Å². The van der Waals surface area contributed by atoms with Gasteiger partial charge in [0.15, 0.2) is 0 Å². The highest BCUT2D eigenvalue weighted by atomic mass is 32.2. The zero-order valence-corrected chi connectivity index (χ0v) is 9.12. The van der Waals surface area contributed by atoms with Gasteiger partial charge < -0.3 is 16.5 Å². The molecule has 82 valence electrons. The molecule has 0 saturated carbocycles. The smallest absolute Gasteiger partial charge is 0.275 e. The number of para-hydroxylation sites is 1. The van der Waals surface area contributed by atoms with Gasteiger partial charge in [0, 0.05) is 10.6 Å². The molecule has 0 aliphatic carbocycles. The molecule has 0 aliphatic heterocycles. The minimum atomic E-state index is -0.341. The van der Waals surface area contributed by atoms with E-state index in [1.54, 1.807) is 6.07 Å². The molecule has 0 atom stereocenters. The van der Waals surface area contributed by atoms with Crippen LogP contribution in [0.4, 0.5) is 11.4 Å². The Morgan fingerprint density at radius 1 is 1.25 bits per heavy atom. The molecular weight excluding hydrogens is 224 g/mol. The Kier molecular flexibility index (Phi) is 2.82. The maximum atomic E-state index is 11.2. The van der Waals surface area contributed by atoms with E-state index in [1.165, 1.54) is 18.1 Å². The van der Waals surface area contributed by atoms with Gasteiger partial charge in [-0.15, -0.1) is 0 Å². The Balaban J connectivity index is 2.38. The standard InChI is InChI=1S/C10H10N4OS/c11-6-3-1-2-4-7(6)16-10-8(12)9(15)13-5-14-10/h1-5H,11-12H2,(H,13,14,15). The molecule has 0 spiro atoms. The number of aromatic amines is 1. The SMILES string of the molecule is Nc1ccccc1Sc1nc[nH]c(=O)c1N. The molecule has 1 aromatic heterocycles. The number of nitrogens with two attached hydrogens (primary N) is 2. The van der Waals surface area contributed by atoms with Gasteiger partial charge in [-0.2, -0.15) is 0 Å². The van der Waals surface area contributed by atoms with E-state index in [0.717, 1.165) is 4.90 Å². The van der Waals surface area contributed by atoms with Crippen molar-refractivity contribution in [3.05, 3.63) is 40.9 Å². The lowest BCUT2D eigenvalue weighted by Gasteiger charge is -2.05. The summed E-state index contributed by atoms with van der Waals surface area (Å²) in [7, 11) is 0. The number of H-pyrrole nitrogens is 1. The first-order valence-corrected chi connectivity index (χ1v) is 5.35. The van der Waals surface area contributed by atoms with E-state index < -0.39 is 0 Å². The number of aromatic nitrogens is 2. The number of hydrogen-bond donors (Lipinski definition) is 3. The van der Waals surface area contributed by atoms with Crippen LogP contribution in [0.1, 0.15) is 0 Å². The van der Waals surface area contributed by atoms with E-state index in [9.17, 15) is 4.79 Å². The first-order chi connectivity index (χ1) is 7.68. The van der Waals surface area contributed by atoms with Crippen LogP contribution in [0.3, 0.4) is 0 Å². The van der Waals surface area contributed by atoms with Crippen LogP contribution < -0.4 is 17.0 Å². The molecule has 2 aromatic rings. The number of rotatable bonds is 2. The fourth-order valence-corrected chi connectivity index (χ4v) is 2.00. The quantitative estimate of drug-likeness (QED) is 0.533. The minimum absolute atomic E-state index is 0.107. The van der Waals surface area contributed by atoms with E-state index >= 15 is 0 Å². The van der Waals surface area contributed by atoms with Gasteiger partial charge in [0.2, 0.25) is 0 Å². The molecule has 1 heterocycles. The van der Waals surface area contributed by atoms with Crippen molar-refractivity contribution >= 4 is 23.1 Å². The maximum Gasteiger partial charge on any atom is 0.275 e. The van der Waals surface area contributed by atoms with Crippen molar-refractivity contribution in [2.45, 2.75) is 9.92 Å². The van der Waals surface area contributed by atoms with Crippen LogP contribution in [0, 0.1) is 0 Å². The predicted octanol–water partition coefficient (Wildman–Crippen LogP) is 1.09. The average Bonchev–Trinajstić information content (AvgIpc) is 2.28. The molecule has 0 unspecified atom stereocenters. The highest BCUT2D eigenvalue weighted by Gasteiger charge is 2.07. The molecule has 1 aromatic carbocycles. The van der Waals surface area contributed by atoms with Crippen molar-refractivity contribution in [3.8, 4) is 0 Å². The molecular formula is C10H10N4OS. The third-order valence-corrected chi connectivity index (χ3v) is 3.09. The summed E-state index contributed by atoms with van der Waals surface area (Å²) in [4.78, 5) is 18.5. The van der Waals surface area contributed by atoms with Crippen LogP contribution in [0.5, 0.6) is 0 Å². The Morgan fingerprint density at radius 3 is 2.75 bits per heavy atom. The Bertz CT molecular complexity index is 567. The van der Waals surface area contributed by atoms with Crippen molar-refractivity contribution in [1.29, 1.82) is 0 Å². The lowest BCUT2D eigenvalue weighted by Crippen LogP contribution is -2.13. The van der Waals surface area contributed by atoms with E-state index in [0.29, 0.717) is 10.7 Å². The molecule has 2 rings (SSSR count). The summed E-state index contributed by atoms with van der Waals surface area (Å²) in [5.41, 5.74) is 11.8. The second-order valence-electron chi connectivity index (χ2n) is 3.09. The third kappa shape index (κ3) is 2.01. The van der Waals surface area contributed by atoms with Gasteiger partial charge in [0.05, 0.1) is 6.33 Å². The summed E-state index contributed by atoms with van der Waals surface area (Å²) in [6.45, 7) is 0. The number of nitrogens with one attached hydrogen (secondary N) is 1. The van der Waals surface area contributed by atoms with E-state index in [4.69, 9.17) is 11.5 Å². The van der Waals surface area contributed by atoms with Gasteiger partial charge in [-0.25, -0.2) is 4.98 Å². The van der Waals surface area contributed by atoms with Crippen molar-refractivity contribution in [3.63, 3.8) is 0 Å². The van der Waals surface area contributed by atoms with Gasteiger partial charge >= 0.3 is 0 Å². The first-order valence-electron chi connectivity index (χ1n) is 4.54. The normalized spacial score (nSPS) is 10.2. The summed E-state index contributed by atoms with van der Waals surface area (Å²) >= 11 is 1.27. The molecule has 0 radical (unpaired) electrons.